The van der Waals surface area contributed by atoms with Crippen molar-refractivity contribution in [3.05, 3.63) is 97.1 Å². The molecular formula is C20H28. The van der Waals surface area contributed by atoms with E-state index in [9.17, 15) is 0 Å². The van der Waals surface area contributed by atoms with E-state index in [-0.39, 0.29) is 0 Å². The van der Waals surface area contributed by atoms with Crippen LogP contribution in [0.5, 0.6) is 0 Å². The Hall–Kier alpha value is -2.08. The highest BCUT2D eigenvalue weighted by Gasteiger charge is 1.81. The molecule has 0 fully saturated rings. The highest BCUT2D eigenvalue weighted by atomic mass is 13.9. The molecule has 0 aliphatic heterocycles. The molecule has 0 heteroatoms. The van der Waals surface area contributed by atoms with Gasteiger partial charge in [0.25, 0.3) is 0 Å². The molecule has 0 nitrogen and oxygen atoms in total. The Morgan fingerprint density at radius 2 is 0.700 bits per heavy atom. The van der Waals surface area contributed by atoms with Gasteiger partial charge in [-0.15, -0.1) is 26.3 Å². The summed E-state index contributed by atoms with van der Waals surface area (Å²) in [6, 6.07) is 16.9. The lowest BCUT2D eigenvalue weighted by Gasteiger charge is -1.90. The summed E-state index contributed by atoms with van der Waals surface area (Å²) in [5.41, 5.74) is 5.35. The van der Waals surface area contributed by atoms with Gasteiger partial charge < -0.3 is 0 Å². The summed E-state index contributed by atoms with van der Waals surface area (Å²) in [4.78, 5) is 0. The Labute approximate surface area is 125 Å². The monoisotopic (exact) mass is 268 g/mol. The number of hydrogen-bond donors (Lipinski definition) is 0. The molecule has 2 aromatic carbocycles. The predicted molar refractivity (Wildman–Crippen MR) is 94.3 cm³/mol. The summed E-state index contributed by atoms with van der Waals surface area (Å²) in [7, 11) is 0. The van der Waals surface area contributed by atoms with Crippen molar-refractivity contribution >= 4 is 0 Å². The molecule has 2 rings (SSSR count). The molecule has 2 aromatic rings. The fraction of sp³-hybridized carbons (Fsp3) is 0.200. The van der Waals surface area contributed by atoms with Gasteiger partial charge in [-0.05, 0) is 27.7 Å². The van der Waals surface area contributed by atoms with E-state index in [2.05, 4.69) is 103 Å². The van der Waals surface area contributed by atoms with E-state index in [1.807, 2.05) is 0 Å². The Kier molecular flexibility index (Phi) is 13.5. The maximum Gasteiger partial charge on any atom is -0.0398 e. The molecule has 0 aromatic heterocycles. The maximum atomic E-state index is 3.00. The lowest BCUT2D eigenvalue weighted by atomic mass is 10.2. The van der Waals surface area contributed by atoms with Crippen LogP contribution >= 0.6 is 0 Å². The number of benzene rings is 2. The average molecular weight is 268 g/mol. The van der Waals surface area contributed by atoms with Crippen molar-refractivity contribution in [2.45, 2.75) is 27.7 Å². The van der Waals surface area contributed by atoms with Crippen molar-refractivity contribution in [2.75, 3.05) is 0 Å². The first-order valence-electron chi connectivity index (χ1n) is 6.64. The Balaban J connectivity index is 0. The second kappa shape index (κ2) is 13.4. The normalized spacial score (nSPS) is 7.80. The lowest BCUT2D eigenvalue weighted by molar-refractivity contribution is 1.39. The van der Waals surface area contributed by atoms with Crippen molar-refractivity contribution in [1.82, 2.24) is 0 Å². The van der Waals surface area contributed by atoms with Crippen LogP contribution in [0.3, 0.4) is 0 Å². The average Bonchev–Trinajstić information content (AvgIpc) is 2.43. The quantitative estimate of drug-likeness (QED) is 0.498. The Morgan fingerprint density at radius 3 is 0.800 bits per heavy atom. The van der Waals surface area contributed by atoms with Gasteiger partial charge in [0.1, 0.15) is 0 Å². The van der Waals surface area contributed by atoms with Gasteiger partial charge in [0.2, 0.25) is 0 Å². The van der Waals surface area contributed by atoms with Gasteiger partial charge in [0.15, 0.2) is 0 Å². The van der Waals surface area contributed by atoms with E-state index in [0.29, 0.717) is 0 Å². The summed E-state index contributed by atoms with van der Waals surface area (Å²) in [6.07, 6.45) is 0. The van der Waals surface area contributed by atoms with Crippen LogP contribution in [0.2, 0.25) is 0 Å². The Morgan fingerprint density at radius 1 is 0.500 bits per heavy atom. The number of rotatable bonds is 0. The van der Waals surface area contributed by atoms with E-state index in [1.54, 1.807) is 0 Å². The van der Waals surface area contributed by atoms with E-state index in [4.69, 9.17) is 0 Å². The zero-order chi connectivity index (χ0) is 16.0. The molecule has 0 aliphatic rings. The van der Waals surface area contributed by atoms with Crippen LogP contribution < -0.4 is 0 Å². The summed E-state index contributed by atoms with van der Waals surface area (Å²) in [5.74, 6) is 0. The first-order chi connectivity index (χ1) is 9.58. The van der Waals surface area contributed by atoms with Crippen LogP contribution in [0.15, 0.2) is 74.8 Å². The summed E-state index contributed by atoms with van der Waals surface area (Å²) >= 11 is 0. The molecule has 0 unspecified atom stereocenters. The van der Waals surface area contributed by atoms with Crippen LogP contribution in [0.4, 0.5) is 0 Å². The molecule has 0 aliphatic carbocycles. The van der Waals surface area contributed by atoms with Crippen molar-refractivity contribution in [1.29, 1.82) is 0 Å². The Bertz CT molecular complexity index is 389. The second-order valence-corrected chi connectivity index (χ2v) is 4.32. The number of aryl methyl sites for hydroxylation is 4. The van der Waals surface area contributed by atoms with Gasteiger partial charge in [0.05, 0.1) is 0 Å². The van der Waals surface area contributed by atoms with Gasteiger partial charge in [-0.3, -0.25) is 0 Å². The molecule has 0 bridgehead atoms. The molecule has 108 valence electrons. The summed E-state index contributed by atoms with van der Waals surface area (Å²) in [6.45, 7) is 20.4. The van der Waals surface area contributed by atoms with Gasteiger partial charge in [-0.1, -0.05) is 70.8 Å². The molecular weight excluding hydrogens is 240 g/mol. The summed E-state index contributed by atoms with van der Waals surface area (Å²) < 4.78 is 0. The van der Waals surface area contributed by atoms with Crippen molar-refractivity contribution in [3.8, 4) is 0 Å². The van der Waals surface area contributed by atoms with Crippen LogP contribution in [-0.2, 0) is 0 Å². The van der Waals surface area contributed by atoms with Crippen molar-refractivity contribution in [3.63, 3.8) is 0 Å². The van der Waals surface area contributed by atoms with E-state index in [1.165, 1.54) is 22.3 Å². The molecule has 0 saturated heterocycles. The molecule has 0 spiro atoms. The number of hydrogen-bond acceptors (Lipinski definition) is 0. The smallest absolute Gasteiger partial charge is 0.0398 e. The topological polar surface area (TPSA) is 0 Å². The van der Waals surface area contributed by atoms with E-state index in [0.717, 1.165) is 0 Å². The van der Waals surface area contributed by atoms with Crippen LogP contribution in [0, 0.1) is 27.7 Å². The molecule has 0 N–H and O–H groups in total. The van der Waals surface area contributed by atoms with Crippen LogP contribution in [0.1, 0.15) is 22.3 Å². The minimum Gasteiger partial charge on any atom is -0.106 e. The zero-order valence-electron chi connectivity index (χ0n) is 13.4. The van der Waals surface area contributed by atoms with Gasteiger partial charge in [-0.2, -0.15) is 0 Å². The zero-order valence-corrected chi connectivity index (χ0v) is 13.4. The molecule has 20 heavy (non-hydrogen) atoms. The minimum absolute atomic E-state index is 1.34. The third-order valence-electron chi connectivity index (χ3n) is 2.35. The fourth-order valence-corrected chi connectivity index (χ4v) is 1.61. The highest BCUT2D eigenvalue weighted by molar-refractivity contribution is 5.20. The van der Waals surface area contributed by atoms with Crippen molar-refractivity contribution < 1.29 is 0 Å². The summed E-state index contributed by atoms with van der Waals surface area (Å²) in [5, 5.41) is 0. The van der Waals surface area contributed by atoms with E-state index >= 15 is 0 Å². The fourth-order valence-electron chi connectivity index (χ4n) is 1.61. The highest BCUT2D eigenvalue weighted by Crippen LogP contribution is 2.00. The molecule has 0 radical (unpaired) electrons. The molecule has 0 amide bonds. The predicted octanol–water partition coefficient (Wildman–Crippen LogP) is 6.21. The van der Waals surface area contributed by atoms with Crippen LogP contribution in [0.25, 0.3) is 0 Å². The van der Waals surface area contributed by atoms with Gasteiger partial charge >= 0.3 is 0 Å². The first kappa shape index (κ1) is 20.2. The molecule has 0 heterocycles. The van der Waals surface area contributed by atoms with Crippen molar-refractivity contribution in [2.24, 2.45) is 0 Å². The second-order valence-electron chi connectivity index (χ2n) is 4.32. The minimum atomic E-state index is 1.34. The molecule has 0 saturated carbocycles. The standard InChI is InChI=1S/2C8H10.2C2H4/c2*1-7-4-3-5-8(2)6-7;2*1-2/h2*3-6H,1-2H3;2*1-2H2. The third-order valence-corrected chi connectivity index (χ3v) is 2.35. The van der Waals surface area contributed by atoms with Crippen LogP contribution in [-0.4, -0.2) is 0 Å². The first-order valence-corrected chi connectivity index (χ1v) is 6.64. The molecule has 0 atom stereocenters. The van der Waals surface area contributed by atoms with E-state index < -0.39 is 0 Å². The van der Waals surface area contributed by atoms with Gasteiger partial charge in [0, 0.05) is 0 Å². The van der Waals surface area contributed by atoms with Gasteiger partial charge in [-0.25, -0.2) is 0 Å². The lowest BCUT2D eigenvalue weighted by Crippen LogP contribution is -1.71. The third kappa shape index (κ3) is 11.0. The SMILES string of the molecule is C=C.C=C.Cc1cccc(C)c1.Cc1cccc(C)c1. The largest absolute Gasteiger partial charge is 0.106 e. The maximum absolute atomic E-state index is 3.00.